The van der Waals surface area contributed by atoms with Gasteiger partial charge in [0.15, 0.2) is 24.2 Å². The van der Waals surface area contributed by atoms with Gasteiger partial charge >= 0.3 is 6.09 Å². The number of hydrogen-bond donors (Lipinski definition) is 0. The van der Waals surface area contributed by atoms with Gasteiger partial charge in [0, 0.05) is 19.2 Å². The standard InChI is InChI=1S/C13H15F2NO7S/c1-20-7-21-12-10(14)3-8(4-11(12)15)16-5-9(23-13(16)17)6-22-24(2,18)19/h3-4,9H,5-7H2,1-2H3/t9-/m1/s1. The monoisotopic (exact) mass is 367 g/mol. The van der Waals surface area contributed by atoms with E-state index in [0.29, 0.717) is 0 Å². The number of rotatable bonds is 7. The Bertz CT molecular complexity index is 702. The Kier molecular flexibility index (Phi) is 5.57. The average Bonchev–Trinajstić information content (AvgIpc) is 2.85. The number of nitrogens with zero attached hydrogens (tertiary/aromatic N) is 1. The highest BCUT2D eigenvalue weighted by atomic mass is 32.2. The van der Waals surface area contributed by atoms with Crippen LogP contribution in [0, 0.1) is 11.6 Å². The second-order valence-corrected chi connectivity index (χ2v) is 6.54. The van der Waals surface area contributed by atoms with E-state index in [0.717, 1.165) is 23.3 Å². The normalized spacial score (nSPS) is 17.9. The molecule has 134 valence electrons. The zero-order valence-corrected chi connectivity index (χ0v) is 13.6. The molecule has 1 atom stereocenters. The Balaban J connectivity index is 2.12. The van der Waals surface area contributed by atoms with E-state index in [2.05, 4.69) is 8.92 Å². The first-order chi connectivity index (χ1) is 11.2. The molecule has 0 bridgehead atoms. The minimum Gasteiger partial charge on any atom is -0.461 e. The van der Waals surface area contributed by atoms with Gasteiger partial charge in [-0.1, -0.05) is 0 Å². The van der Waals surface area contributed by atoms with E-state index in [-0.39, 0.29) is 25.6 Å². The summed E-state index contributed by atoms with van der Waals surface area (Å²) in [7, 11) is -2.40. The van der Waals surface area contributed by atoms with Crippen LogP contribution < -0.4 is 9.64 Å². The van der Waals surface area contributed by atoms with Crippen LogP contribution in [-0.2, 0) is 23.8 Å². The third-order valence-corrected chi connectivity index (χ3v) is 3.52. The number of anilines is 1. The van der Waals surface area contributed by atoms with Crippen molar-refractivity contribution in [1.29, 1.82) is 0 Å². The maximum Gasteiger partial charge on any atom is 0.414 e. The number of amides is 1. The molecule has 1 aromatic carbocycles. The smallest absolute Gasteiger partial charge is 0.414 e. The number of ether oxygens (including phenoxy) is 3. The highest BCUT2D eigenvalue weighted by Crippen LogP contribution is 2.30. The van der Waals surface area contributed by atoms with Crippen molar-refractivity contribution < 1.29 is 40.4 Å². The Hall–Kier alpha value is -1.98. The molecule has 1 aromatic rings. The van der Waals surface area contributed by atoms with Gasteiger partial charge < -0.3 is 14.2 Å². The van der Waals surface area contributed by atoms with E-state index in [1.54, 1.807) is 0 Å². The molecular formula is C13H15F2NO7S. The van der Waals surface area contributed by atoms with Crippen LogP contribution in [0.25, 0.3) is 0 Å². The van der Waals surface area contributed by atoms with Crippen molar-refractivity contribution in [3.63, 3.8) is 0 Å². The molecule has 8 nitrogen and oxygen atoms in total. The molecule has 1 aliphatic rings. The van der Waals surface area contributed by atoms with Crippen molar-refractivity contribution in [3.05, 3.63) is 23.8 Å². The summed E-state index contributed by atoms with van der Waals surface area (Å²) in [5.74, 6) is -2.68. The minimum atomic E-state index is -3.70. The summed E-state index contributed by atoms with van der Waals surface area (Å²) < 4.78 is 68.5. The van der Waals surface area contributed by atoms with Gasteiger partial charge in [-0.3, -0.25) is 9.08 Å². The van der Waals surface area contributed by atoms with Crippen molar-refractivity contribution in [2.45, 2.75) is 6.10 Å². The van der Waals surface area contributed by atoms with Crippen molar-refractivity contribution in [1.82, 2.24) is 0 Å². The predicted molar refractivity (Wildman–Crippen MR) is 77.3 cm³/mol. The predicted octanol–water partition coefficient (Wildman–Crippen LogP) is 1.25. The molecule has 1 aliphatic heterocycles. The fourth-order valence-electron chi connectivity index (χ4n) is 1.98. The molecule has 1 heterocycles. The van der Waals surface area contributed by atoms with Gasteiger partial charge in [-0.05, 0) is 0 Å². The van der Waals surface area contributed by atoms with Crippen LogP contribution in [0.2, 0.25) is 0 Å². The average molecular weight is 367 g/mol. The molecule has 0 saturated carbocycles. The number of hydrogen-bond acceptors (Lipinski definition) is 7. The van der Waals surface area contributed by atoms with Crippen molar-refractivity contribution in [2.24, 2.45) is 0 Å². The quantitative estimate of drug-likeness (QED) is 0.529. The van der Waals surface area contributed by atoms with Gasteiger partial charge in [0.05, 0.1) is 18.5 Å². The maximum absolute atomic E-state index is 13.9. The maximum atomic E-state index is 13.9. The summed E-state index contributed by atoms with van der Waals surface area (Å²) in [4.78, 5) is 12.8. The van der Waals surface area contributed by atoms with Gasteiger partial charge in [0.1, 0.15) is 12.7 Å². The summed E-state index contributed by atoms with van der Waals surface area (Å²) >= 11 is 0. The SMILES string of the molecule is COCOc1c(F)cc(N2C[C@H](COS(C)(=O)=O)OC2=O)cc1F. The van der Waals surface area contributed by atoms with E-state index >= 15 is 0 Å². The second-order valence-electron chi connectivity index (χ2n) is 4.89. The lowest BCUT2D eigenvalue weighted by Crippen LogP contribution is -2.26. The molecule has 1 amide bonds. The number of halogens is 2. The summed E-state index contributed by atoms with van der Waals surface area (Å²) in [5.41, 5.74) is -0.0957. The summed E-state index contributed by atoms with van der Waals surface area (Å²) in [6.07, 6.45) is -0.908. The topological polar surface area (TPSA) is 91.4 Å². The Labute approximate surface area is 137 Å². The van der Waals surface area contributed by atoms with E-state index in [1.807, 2.05) is 0 Å². The van der Waals surface area contributed by atoms with Gasteiger partial charge in [0.25, 0.3) is 10.1 Å². The van der Waals surface area contributed by atoms with Crippen molar-refractivity contribution >= 4 is 21.9 Å². The molecule has 0 N–H and O–H groups in total. The highest BCUT2D eigenvalue weighted by molar-refractivity contribution is 7.85. The van der Waals surface area contributed by atoms with E-state index in [1.165, 1.54) is 7.11 Å². The van der Waals surface area contributed by atoms with Crippen LogP contribution in [0.5, 0.6) is 5.75 Å². The highest BCUT2D eigenvalue weighted by Gasteiger charge is 2.34. The van der Waals surface area contributed by atoms with E-state index in [9.17, 15) is 22.0 Å². The fourth-order valence-corrected chi connectivity index (χ4v) is 2.38. The molecule has 0 radical (unpaired) electrons. The molecular weight excluding hydrogens is 352 g/mol. The third kappa shape index (κ3) is 4.52. The third-order valence-electron chi connectivity index (χ3n) is 2.96. The van der Waals surface area contributed by atoms with Crippen LogP contribution in [0.1, 0.15) is 0 Å². The van der Waals surface area contributed by atoms with Crippen LogP contribution in [0.4, 0.5) is 19.3 Å². The molecule has 24 heavy (non-hydrogen) atoms. The van der Waals surface area contributed by atoms with Crippen LogP contribution in [-0.4, -0.2) is 53.9 Å². The molecule has 2 rings (SSSR count). The molecule has 0 aromatic heterocycles. The number of benzene rings is 1. The second kappa shape index (κ2) is 7.28. The molecule has 1 fully saturated rings. The molecule has 0 aliphatic carbocycles. The number of methoxy groups -OCH3 is 1. The number of cyclic esters (lactones) is 1. The van der Waals surface area contributed by atoms with Crippen LogP contribution in [0.3, 0.4) is 0 Å². The van der Waals surface area contributed by atoms with E-state index < -0.39 is 39.7 Å². The summed E-state index contributed by atoms with van der Waals surface area (Å²) in [6, 6.07) is 1.80. The zero-order valence-electron chi connectivity index (χ0n) is 12.8. The van der Waals surface area contributed by atoms with Gasteiger partial charge in [0.2, 0.25) is 0 Å². The molecule has 11 heteroatoms. The zero-order chi connectivity index (χ0) is 17.9. The Morgan fingerprint density at radius 2 is 1.96 bits per heavy atom. The Morgan fingerprint density at radius 3 is 2.50 bits per heavy atom. The fraction of sp³-hybridized carbons (Fsp3) is 0.462. The molecule has 0 spiro atoms. The molecule has 1 saturated heterocycles. The minimum absolute atomic E-state index is 0.0957. The van der Waals surface area contributed by atoms with Gasteiger partial charge in [-0.25, -0.2) is 13.6 Å². The van der Waals surface area contributed by atoms with Gasteiger partial charge in [-0.15, -0.1) is 0 Å². The summed E-state index contributed by atoms with van der Waals surface area (Å²) in [6.45, 7) is -0.851. The lowest BCUT2D eigenvalue weighted by atomic mass is 10.2. The molecule has 0 unspecified atom stereocenters. The number of carbonyl (C=O) groups excluding carboxylic acids is 1. The summed E-state index contributed by atoms with van der Waals surface area (Å²) in [5, 5.41) is 0. The van der Waals surface area contributed by atoms with Crippen molar-refractivity contribution in [3.8, 4) is 5.75 Å². The largest absolute Gasteiger partial charge is 0.461 e. The van der Waals surface area contributed by atoms with Crippen molar-refractivity contribution in [2.75, 3.05) is 38.2 Å². The van der Waals surface area contributed by atoms with Gasteiger partial charge in [-0.2, -0.15) is 8.42 Å². The van der Waals surface area contributed by atoms with E-state index in [4.69, 9.17) is 9.47 Å². The Morgan fingerprint density at radius 1 is 1.33 bits per heavy atom. The lowest BCUT2D eigenvalue weighted by molar-refractivity contribution is 0.0452. The first-order valence-corrected chi connectivity index (χ1v) is 8.46. The van der Waals surface area contributed by atoms with Crippen LogP contribution >= 0.6 is 0 Å². The number of carbonyl (C=O) groups is 1. The van der Waals surface area contributed by atoms with Crippen LogP contribution in [0.15, 0.2) is 12.1 Å². The lowest BCUT2D eigenvalue weighted by Gasteiger charge is -2.15. The first-order valence-electron chi connectivity index (χ1n) is 6.64. The first kappa shape index (κ1) is 18.4.